The van der Waals surface area contributed by atoms with E-state index in [1.54, 1.807) is 0 Å². The molecule has 1 saturated carbocycles. The molecular weight excluding hydrogens is 198 g/mol. The van der Waals surface area contributed by atoms with Crippen molar-refractivity contribution >= 4 is 5.96 Å². The smallest absolute Gasteiger partial charge is 0.191 e. The number of guanidine groups is 1. The fourth-order valence-electron chi connectivity index (χ4n) is 1.63. The Morgan fingerprint density at radius 2 is 1.88 bits per heavy atom. The van der Waals surface area contributed by atoms with Crippen molar-refractivity contribution in [2.45, 2.75) is 53.0 Å². The van der Waals surface area contributed by atoms with Gasteiger partial charge in [0.05, 0.1) is 0 Å². The topological polar surface area (TPSA) is 41.6 Å². The first-order valence-corrected chi connectivity index (χ1v) is 6.57. The third-order valence-corrected chi connectivity index (χ3v) is 2.85. The molecule has 94 valence electrons. The SMILES string of the molecule is CC(C)CCN(C(N)=NCC(C)C)C1CC1. The van der Waals surface area contributed by atoms with E-state index < -0.39 is 0 Å². The highest BCUT2D eigenvalue weighted by molar-refractivity contribution is 5.78. The molecule has 0 bridgehead atoms. The molecule has 1 aliphatic rings. The Kier molecular flexibility index (Phi) is 5.10. The van der Waals surface area contributed by atoms with Gasteiger partial charge in [0.1, 0.15) is 0 Å². The summed E-state index contributed by atoms with van der Waals surface area (Å²) in [7, 11) is 0. The molecule has 1 fully saturated rings. The summed E-state index contributed by atoms with van der Waals surface area (Å²) in [5.74, 6) is 2.08. The van der Waals surface area contributed by atoms with Crippen molar-refractivity contribution in [2.75, 3.05) is 13.1 Å². The predicted octanol–water partition coefficient (Wildman–Crippen LogP) is 2.47. The van der Waals surface area contributed by atoms with E-state index in [9.17, 15) is 0 Å². The zero-order chi connectivity index (χ0) is 12.1. The summed E-state index contributed by atoms with van der Waals surface area (Å²) in [5.41, 5.74) is 6.07. The second-order valence-corrected chi connectivity index (χ2v) is 5.70. The first-order valence-electron chi connectivity index (χ1n) is 6.57. The Bertz CT molecular complexity index is 229. The lowest BCUT2D eigenvalue weighted by atomic mass is 10.1. The van der Waals surface area contributed by atoms with Crippen LogP contribution in [-0.4, -0.2) is 30.0 Å². The van der Waals surface area contributed by atoms with E-state index >= 15 is 0 Å². The second-order valence-electron chi connectivity index (χ2n) is 5.70. The summed E-state index contributed by atoms with van der Waals surface area (Å²) < 4.78 is 0. The Hall–Kier alpha value is -0.730. The van der Waals surface area contributed by atoms with Gasteiger partial charge in [-0.05, 0) is 31.1 Å². The summed E-state index contributed by atoms with van der Waals surface area (Å²) in [4.78, 5) is 6.79. The highest BCUT2D eigenvalue weighted by Crippen LogP contribution is 2.27. The molecule has 16 heavy (non-hydrogen) atoms. The Morgan fingerprint density at radius 3 is 2.31 bits per heavy atom. The highest BCUT2D eigenvalue weighted by atomic mass is 15.3. The van der Waals surface area contributed by atoms with Crippen LogP contribution < -0.4 is 5.73 Å². The van der Waals surface area contributed by atoms with Gasteiger partial charge in [-0.25, -0.2) is 0 Å². The van der Waals surface area contributed by atoms with Gasteiger partial charge in [-0.3, -0.25) is 4.99 Å². The number of nitrogens with zero attached hydrogens (tertiary/aromatic N) is 2. The van der Waals surface area contributed by atoms with Gasteiger partial charge in [0.25, 0.3) is 0 Å². The van der Waals surface area contributed by atoms with Gasteiger partial charge in [-0.2, -0.15) is 0 Å². The maximum absolute atomic E-state index is 6.07. The van der Waals surface area contributed by atoms with Crippen molar-refractivity contribution in [1.29, 1.82) is 0 Å². The van der Waals surface area contributed by atoms with Gasteiger partial charge in [0, 0.05) is 19.1 Å². The molecule has 0 aliphatic heterocycles. The van der Waals surface area contributed by atoms with Crippen LogP contribution in [-0.2, 0) is 0 Å². The molecule has 0 atom stereocenters. The van der Waals surface area contributed by atoms with Gasteiger partial charge in [0.2, 0.25) is 0 Å². The van der Waals surface area contributed by atoms with Crippen molar-refractivity contribution < 1.29 is 0 Å². The second kappa shape index (κ2) is 6.12. The van der Waals surface area contributed by atoms with Crippen molar-refractivity contribution in [2.24, 2.45) is 22.6 Å². The molecule has 1 aliphatic carbocycles. The van der Waals surface area contributed by atoms with E-state index in [1.807, 2.05) is 0 Å². The fourth-order valence-corrected chi connectivity index (χ4v) is 1.63. The minimum absolute atomic E-state index is 0.588. The Balaban J connectivity index is 2.45. The van der Waals surface area contributed by atoms with Gasteiger partial charge >= 0.3 is 0 Å². The van der Waals surface area contributed by atoms with E-state index in [-0.39, 0.29) is 0 Å². The minimum atomic E-state index is 0.588. The lowest BCUT2D eigenvalue weighted by Gasteiger charge is -2.24. The first-order chi connectivity index (χ1) is 7.50. The quantitative estimate of drug-likeness (QED) is 0.557. The summed E-state index contributed by atoms with van der Waals surface area (Å²) >= 11 is 0. The van der Waals surface area contributed by atoms with E-state index in [2.05, 4.69) is 37.6 Å². The average Bonchev–Trinajstić information content (AvgIpc) is 2.98. The first kappa shape index (κ1) is 13.3. The third kappa shape index (κ3) is 4.86. The number of hydrogen-bond donors (Lipinski definition) is 1. The molecular formula is C13H27N3. The number of rotatable bonds is 6. The Labute approximate surface area is 100 Å². The third-order valence-electron chi connectivity index (χ3n) is 2.85. The summed E-state index contributed by atoms with van der Waals surface area (Å²) in [6.45, 7) is 10.8. The standard InChI is InChI=1S/C13H27N3/c1-10(2)7-8-16(12-5-6-12)13(14)15-9-11(3)4/h10-12H,5-9H2,1-4H3,(H2,14,15). The summed E-state index contributed by atoms with van der Waals surface area (Å²) in [5, 5.41) is 0. The molecule has 0 amide bonds. The normalized spacial score (nSPS) is 17.2. The molecule has 0 aromatic carbocycles. The van der Waals surface area contributed by atoms with Crippen molar-refractivity contribution in [1.82, 2.24) is 4.90 Å². The van der Waals surface area contributed by atoms with Crippen LogP contribution in [0.4, 0.5) is 0 Å². The van der Waals surface area contributed by atoms with Crippen molar-refractivity contribution in [3.05, 3.63) is 0 Å². The van der Waals surface area contributed by atoms with Crippen LogP contribution in [0.3, 0.4) is 0 Å². The van der Waals surface area contributed by atoms with Crippen LogP contribution >= 0.6 is 0 Å². The fraction of sp³-hybridized carbons (Fsp3) is 0.923. The molecule has 0 aromatic rings. The zero-order valence-electron chi connectivity index (χ0n) is 11.2. The molecule has 0 radical (unpaired) electrons. The predicted molar refractivity (Wildman–Crippen MR) is 70.5 cm³/mol. The van der Waals surface area contributed by atoms with Crippen LogP contribution in [0.5, 0.6) is 0 Å². The molecule has 3 nitrogen and oxygen atoms in total. The van der Waals surface area contributed by atoms with Crippen LogP contribution in [0.15, 0.2) is 4.99 Å². The van der Waals surface area contributed by atoms with Gasteiger partial charge < -0.3 is 10.6 Å². The van der Waals surface area contributed by atoms with E-state index in [4.69, 9.17) is 5.73 Å². The maximum Gasteiger partial charge on any atom is 0.191 e. The van der Waals surface area contributed by atoms with Crippen LogP contribution in [0.1, 0.15) is 47.0 Å². The number of hydrogen-bond acceptors (Lipinski definition) is 1. The maximum atomic E-state index is 6.07. The van der Waals surface area contributed by atoms with Gasteiger partial charge in [0.15, 0.2) is 5.96 Å². The minimum Gasteiger partial charge on any atom is -0.370 e. The zero-order valence-corrected chi connectivity index (χ0v) is 11.2. The summed E-state index contributed by atoms with van der Waals surface area (Å²) in [6, 6.07) is 0.676. The van der Waals surface area contributed by atoms with Gasteiger partial charge in [-0.15, -0.1) is 0 Å². The van der Waals surface area contributed by atoms with Crippen molar-refractivity contribution in [3.63, 3.8) is 0 Å². The summed E-state index contributed by atoms with van der Waals surface area (Å²) in [6.07, 6.45) is 3.78. The molecule has 3 heteroatoms. The van der Waals surface area contributed by atoms with E-state index in [0.717, 1.165) is 25.0 Å². The lowest BCUT2D eigenvalue weighted by Crippen LogP contribution is -2.40. The molecule has 2 N–H and O–H groups in total. The molecule has 1 rings (SSSR count). The highest BCUT2D eigenvalue weighted by Gasteiger charge is 2.30. The van der Waals surface area contributed by atoms with E-state index in [1.165, 1.54) is 19.3 Å². The molecule has 0 spiro atoms. The van der Waals surface area contributed by atoms with Crippen LogP contribution in [0.2, 0.25) is 0 Å². The molecule has 0 aromatic heterocycles. The molecule has 0 heterocycles. The number of aliphatic imine (C=N–C) groups is 1. The van der Waals surface area contributed by atoms with Crippen molar-refractivity contribution in [3.8, 4) is 0 Å². The monoisotopic (exact) mass is 225 g/mol. The van der Waals surface area contributed by atoms with Gasteiger partial charge in [-0.1, -0.05) is 27.7 Å². The molecule has 0 unspecified atom stereocenters. The van der Waals surface area contributed by atoms with Crippen LogP contribution in [0, 0.1) is 11.8 Å². The van der Waals surface area contributed by atoms with Crippen LogP contribution in [0.25, 0.3) is 0 Å². The van der Waals surface area contributed by atoms with E-state index in [0.29, 0.717) is 12.0 Å². The lowest BCUT2D eigenvalue weighted by molar-refractivity contribution is 0.367. The number of nitrogens with two attached hydrogens (primary N) is 1. The molecule has 0 saturated heterocycles. The largest absolute Gasteiger partial charge is 0.370 e. The average molecular weight is 225 g/mol. The Morgan fingerprint density at radius 1 is 1.25 bits per heavy atom.